The molecule has 1 fully saturated rings. The summed E-state index contributed by atoms with van der Waals surface area (Å²) in [7, 11) is 0. The molecule has 0 atom stereocenters. The second kappa shape index (κ2) is 11.1. The molecule has 3 rings (SSSR count). The number of unbranched alkanes of at least 4 members (excludes halogenated alkanes) is 1. The summed E-state index contributed by atoms with van der Waals surface area (Å²) < 4.78 is 6.50. The van der Waals surface area contributed by atoms with Crippen LogP contribution in [-0.2, 0) is 20.7 Å². The van der Waals surface area contributed by atoms with Crippen LogP contribution >= 0.6 is 11.3 Å². The zero-order valence-corrected chi connectivity index (χ0v) is 16.9. The van der Waals surface area contributed by atoms with E-state index in [1.54, 1.807) is 11.3 Å². The van der Waals surface area contributed by atoms with Crippen LogP contribution in [0.1, 0.15) is 24.3 Å². The lowest BCUT2D eigenvalue weighted by atomic mass is 10.2. The van der Waals surface area contributed by atoms with Crippen molar-refractivity contribution >= 4 is 33.4 Å². The molecule has 0 saturated carbocycles. The van der Waals surface area contributed by atoms with Crippen LogP contribution in [0.25, 0.3) is 10.2 Å². The number of carbonyl (C=O) groups excluding carboxylic acids is 2. The minimum atomic E-state index is -0.143. The molecular weight excluding hydrogens is 376 g/mol. The molecule has 0 unspecified atom stereocenters. The van der Waals surface area contributed by atoms with Gasteiger partial charge in [0.15, 0.2) is 0 Å². The second-order valence-corrected chi connectivity index (χ2v) is 7.98. The first-order valence-corrected chi connectivity index (χ1v) is 10.7. The van der Waals surface area contributed by atoms with E-state index in [1.165, 1.54) is 4.70 Å². The number of fused-ring (bicyclic) bond motifs is 1. The SMILES string of the molecule is O=C(CCCCc1nc2ccccc2s1)NCC(=O)NCCN1CCOCC1. The van der Waals surface area contributed by atoms with E-state index < -0.39 is 0 Å². The predicted molar refractivity (Wildman–Crippen MR) is 110 cm³/mol. The second-order valence-electron chi connectivity index (χ2n) is 6.86. The van der Waals surface area contributed by atoms with Gasteiger partial charge in [-0.3, -0.25) is 14.5 Å². The lowest BCUT2D eigenvalue weighted by Crippen LogP contribution is -2.43. The highest BCUT2D eigenvalue weighted by molar-refractivity contribution is 7.18. The largest absolute Gasteiger partial charge is 0.379 e. The van der Waals surface area contributed by atoms with Gasteiger partial charge >= 0.3 is 0 Å². The number of ether oxygens (including phenoxy) is 1. The summed E-state index contributed by atoms with van der Waals surface area (Å²) in [5, 5.41) is 6.65. The van der Waals surface area contributed by atoms with Gasteiger partial charge in [-0.15, -0.1) is 11.3 Å². The summed E-state index contributed by atoms with van der Waals surface area (Å²) in [5.74, 6) is -0.219. The Bertz CT molecular complexity index is 741. The number of morpholine rings is 1. The standard InChI is InChI=1S/C20H28N4O3S/c25-18(22-15-19(26)21-9-10-24-11-13-27-14-12-24)7-3-4-8-20-23-16-5-1-2-6-17(16)28-20/h1-2,5-6H,3-4,7-15H2,(H,21,26)(H,22,25). The Morgan fingerprint density at radius 2 is 1.93 bits per heavy atom. The first-order chi connectivity index (χ1) is 13.7. The Morgan fingerprint density at radius 1 is 1.11 bits per heavy atom. The van der Waals surface area contributed by atoms with Crippen LogP contribution < -0.4 is 10.6 Å². The molecule has 0 aliphatic carbocycles. The Labute approximate surface area is 169 Å². The Hall–Kier alpha value is -2.03. The maximum Gasteiger partial charge on any atom is 0.239 e. The molecule has 2 N–H and O–H groups in total. The van der Waals surface area contributed by atoms with Crippen molar-refractivity contribution in [2.45, 2.75) is 25.7 Å². The minimum absolute atomic E-state index is 0.0415. The third-order valence-corrected chi connectivity index (χ3v) is 5.78. The Morgan fingerprint density at radius 3 is 2.75 bits per heavy atom. The maximum absolute atomic E-state index is 11.9. The molecule has 8 heteroatoms. The summed E-state index contributed by atoms with van der Waals surface area (Å²) in [4.78, 5) is 30.6. The smallest absolute Gasteiger partial charge is 0.239 e. The van der Waals surface area contributed by atoms with Crippen LogP contribution in [-0.4, -0.2) is 67.6 Å². The maximum atomic E-state index is 11.9. The molecule has 1 aliphatic heterocycles. The van der Waals surface area contributed by atoms with Crippen LogP contribution in [0.15, 0.2) is 24.3 Å². The molecule has 1 saturated heterocycles. The molecule has 28 heavy (non-hydrogen) atoms. The van der Waals surface area contributed by atoms with Crippen LogP contribution in [0.3, 0.4) is 0 Å². The van der Waals surface area contributed by atoms with E-state index >= 15 is 0 Å². The number of rotatable bonds is 10. The van der Waals surface area contributed by atoms with Gasteiger partial charge < -0.3 is 15.4 Å². The van der Waals surface area contributed by atoms with E-state index in [1.807, 2.05) is 18.2 Å². The van der Waals surface area contributed by atoms with Crippen molar-refractivity contribution in [3.63, 3.8) is 0 Å². The molecule has 0 bridgehead atoms. The third kappa shape index (κ3) is 6.85. The number of para-hydroxylation sites is 1. The van der Waals surface area contributed by atoms with Gasteiger partial charge in [0, 0.05) is 32.6 Å². The van der Waals surface area contributed by atoms with Crippen molar-refractivity contribution in [1.29, 1.82) is 0 Å². The zero-order chi connectivity index (χ0) is 19.6. The van der Waals surface area contributed by atoms with Gasteiger partial charge in [0.2, 0.25) is 11.8 Å². The molecule has 0 spiro atoms. The number of carbonyl (C=O) groups is 2. The van der Waals surface area contributed by atoms with Crippen LogP contribution in [0.4, 0.5) is 0 Å². The van der Waals surface area contributed by atoms with Gasteiger partial charge in [-0.05, 0) is 31.4 Å². The lowest BCUT2D eigenvalue weighted by Gasteiger charge is -2.26. The highest BCUT2D eigenvalue weighted by Crippen LogP contribution is 2.22. The van der Waals surface area contributed by atoms with Crippen molar-refractivity contribution in [2.24, 2.45) is 0 Å². The van der Waals surface area contributed by atoms with Crippen molar-refractivity contribution in [2.75, 3.05) is 45.9 Å². The number of benzene rings is 1. The van der Waals surface area contributed by atoms with Gasteiger partial charge in [-0.2, -0.15) is 0 Å². The fraction of sp³-hybridized carbons (Fsp3) is 0.550. The number of nitrogens with one attached hydrogen (secondary N) is 2. The summed E-state index contributed by atoms with van der Waals surface area (Å²) >= 11 is 1.71. The fourth-order valence-corrected chi connectivity index (χ4v) is 4.11. The molecular formula is C20H28N4O3S. The number of thiazole rings is 1. The molecule has 7 nitrogen and oxygen atoms in total. The summed E-state index contributed by atoms with van der Waals surface area (Å²) in [5.41, 5.74) is 1.04. The number of hydrogen-bond acceptors (Lipinski definition) is 6. The van der Waals surface area contributed by atoms with Crippen molar-refractivity contribution in [3.05, 3.63) is 29.3 Å². The summed E-state index contributed by atoms with van der Waals surface area (Å²) in [6.07, 6.45) is 3.03. The summed E-state index contributed by atoms with van der Waals surface area (Å²) in [6, 6.07) is 8.12. The van der Waals surface area contributed by atoms with Crippen LogP contribution in [0.5, 0.6) is 0 Å². The monoisotopic (exact) mass is 404 g/mol. The van der Waals surface area contributed by atoms with E-state index in [0.717, 1.165) is 62.6 Å². The van der Waals surface area contributed by atoms with Crippen LogP contribution in [0.2, 0.25) is 0 Å². The molecule has 2 aromatic rings. The number of nitrogens with zero attached hydrogens (tertiary/aromatic N) is 2. The number of aryl methyl sites for hydroxylation is 1. The lowest BCUT2D eigenvalue weighted by molar-refractivity contribution is -0.126. The summed E-state index contributed by atoms with van der Waals surface area (Å²) in [6.45, 7) is 4.77. The number of aromatic nitrogens is 1. The normalized spacial score (nSPS) is 14.9. The van der Waals surface area contributed by atoms with E-state index in [9.17, 15) is 9.59 Å². The predicted octanol–water partition coefficient (Wildman–Crippen LogP) is 1.57. The minimum Gasteiger partial charge on any atom is -0.379 e. The zero-order valence-electron chi connectivity index (χ0n) is 16.1. The first kappa shape index (κ1) is 20.7. The fourth-order valence-electron chi connectivity index (χ4n) is 3.10. The molecule has 152 valence electrons. The van der Waals surface area contributed by atoms with Crippen LogP contribution in [0, 0.1) is 0 Å². The third-order valence-electron chi connectivity index (χ3n) is 4.68. The topological polar surface area (TPSA) is 83.6 Å². The van der Waals surface area contributed by atoms with Crippen molar-refractivity contribution < 1.29 is 14.3 Å². The molecule has 2 amide bonds. The molecule has 1 aliphatic rings. The number of hydrogen-bond donors (Lipinski definition) is 2. The van der Waals surface area contributed by atoms with E-state index in [2.05, 4.69) is 26.6 Å². The number of amides is 2. The van der Waals surface area contributed by atoms with E-state index in [4.69, 9.17) is 4.74 Å². The average Bonchev–Trinajstić information content (AvgIpc) is 3.13. The van der Waals surface area contributed by atoms with Gasteiger partial charge in [-0.1, -0.05) is 12.1 Å². The highest BCUT2D eigenvalue weighted by atomic mass is 32.1. The molecule has 0 radical (unpaired) electrons. The van der Waals surface area contributed by atoms with Gasteiger partial charge in [0.05, 0.1) is 35.0 Å². The average molecular weight is 405 g/mol. The molecule has 2 heterocycles. The first-order valence-electron chi connectivity index (χ1n) is 9.88. The highest BCUT2D eigenvalue weighted by Gasteiger charge is 2.11. The molecule has 1 aromatic heterocycles. The van der Waals surface area contributed by atoms with Crippen molar-refractivity contribution in [3.8, 4) is 0 Å². The molecule has 1 aromatic carbocycles. The van der Waals surface area contributed by atoms with Gasteiger partial charge in [0.1, 0.15) is 0 Å². The van der Waals surface area contributed by atoms with Crippen molar-refractivity contribution in [1.82, 2.24) is 20.5 Å². The Balaban J connectivity index is 1.22. The van der Waals surface area contributed by atoms with Gasteiger partial charge in [-0.25, -0.2) is 4.98 Å². The van der Waals surface area contributed by atoms with Gasteiger partial charge in [0.25, 0.3) is 0 Å². The van der Waals surface area contributed by atoms with E-state index in [0.29, 0.717) is 13.0 Å². The van der Waals surface area contributed by atoms with E-state index in [-0.39, 0.29) is 18.4 Å². The quantitative estimate of drug-likeness (QED) is 0.588. The Kier molecular flexibility index (Phi) is 8.20.